The van der Waals surface area contributed by atoms with Gasteiger partial charge in [0.1, 0.15) is 22.8 Å². The van der Waals surface area contributed by atoms with E-state index in [1.165, 1.54) is 18.2 Å². The molecule has 0 bridgehead atoms. The number of aliphatic hydroxyl groups is 2. The van der Waals surface area contributed by atoms with Crippen molar-refractivity contribution in [2.24, 2.45) is 5.73 Å². The second-order valence-corrected chi connectivity index (χ2v) is 13.4. The molecule has 2 aromatic rings. The number of hydrogen-bond acceptors (Lipinski definition) is 15. The first-order valence-electron chi connectivity index (χ1n) is 17.6. The van der Waals surface area contributed by atoms with Crippen LogP contribution in [0.1, 0.15) is 115 Å². The van der Waals surface area contributed by atoms with Crippen molar-refractivity contribution in [1.29, 1.82) is 0 Å². The number of Topliss-reactive ketones (excluding diaryl/α,β-unsaturated/α-hetero) is 1. The fourth-order valence-electron chi connectivity index (χ4n) is 6.68. The molecule has 1 aliphatic heterocycles. The van der Waals surface area contributed by atoms with Crippen LogP contribution in [0.25, 0.3) is 0 Å². The van der Waals surface area contributed by atoms with Crippen molar-refractivity contribution in [3.8, 4) is 17.2 Å². The summed E-state index contributed by atoms with van der Waals surface area (Å²) in [6.07, 6.45) is -3.18. The third kappa shape index (κ3) is 7.71. The second-order valence-electron chi connectivity index (χ2n) is 13.4. The highest BCUT2D eigenvalue weighted by molar-refractivity contribution is 6.31. The molecule has 0 aromatic heterocycles. The number of fused-ring (bicyclic) bond motifs is 3. The minimum atomic E-state index is -2.07. The Labute approximate surface area is 300 Å². The zero-order valence-electron chi connectivity index (χ0n) is 29.7. The maximum atomic E-state index is 14.2. The van der Waals surface area contributed by atoms with E-state index < -0.39 is 108 Å². The highest BCUT2D eigenvalue weighted by Crippen LogP contribution is 2.52. The number of benzene rings is 2. The van der Waals surface area contributed by atoms with Gasteiger partial charge in [-0.2, -0.15) is 0 Å². The summed E-state index contributed by atoms with van der Waals surface area (Å²) in [5, 5.41) is 45.0. The van der Waals surface area contributed by atoms with Gasteiger partial charge in [0, 0.05) is 42.0 Å². The number of aromatic hydroxyl groups is 2. The van der Waals surface area contributed by atoms with Gasteiger partial charge in [-0.25, -0.2) is 4.79 Å². The normalized spacial score (nSPS) is 25.3. The molecule has 2 aromatic carbocycles. The van der Waals surface area contributed by atoms with E-state index in [2.05, 4.69) is 0 Å². The average molecular weight is 730 g/mol. The molecule has 6 atom stereocenters. The molecule has 3 aliphatic rings. The maximum absolute atomic E-state index is 14.2. The highest BCUT2D eigenvalue weighted by Gasteiger charge is 2.49. The van der Waals surface area contributed by atoms with Gasteiger partial charge in [0.25, 0.3) is 6.29 Å². The van der Waals surface area contributed by atoms with E-state index in [0.29, 0.717) is 12.8 Å². The molecule has 52 heavy (non-hydrogen) atoms. The molecule has 6 N–H and O–H groups in total. The third-order valence-corrected chi connectivity index (χ3v) is 9.72. The smallest absolute Gasteiger partial charge is 0.366 e. The largest absolute Gasteiger partial charge is 0.507 e. The number of nitrogens with two attached hydrogens (primary N) is 1. The maximum Gasteiger partial charge on any atom is 0.366 e. The van der Waals surface area contributed by atoms with Crippen LogP contribution in [0.4, 0.5) is 0 Å². The van der Waals surface area contributed by atoms with Gasteiger partial charge in [0.15, 0.2) is 17.9 Å². The summed E-state index contributed by atoms with van der Waals surface area (Å²) in [7, 11) is 0. The number of phenolic OH excluding ortho intramolecular Hbond substituents is 2. The van der Waals surface area contributed by atoms with Crippen LogP contribution >= 0.6 is 0 Å². The Kier molecular flexibility index (Phi) is 12.4. The Hall–Kier alpha value is -3.96. The monoisotopic (exact) mass is 729 g/mol. The summed E-state index contributed by atoms with van der Waals surface area (Å²) < 4.78 is 33.9. The Balaban J connectivity index is 1.46. The van der Waals surface area contributed by atoms with Crippen LogP contribution in [0, 0.1) is 0 Å². The second kappa shape index (κ2) is 16.4. The minimum absolute atomic E-state index is 0.0140. The van der Waals surface area contributed by atoms with Crippen molar-refractivity contribution in [1.82, 2.24) is 0 Å². The van der Waals surface area contributed by atoms with Gasteiger partial charge in [-0.05, 0) is 32.8 Å². The van der Waals surface area contributed by atoms with Gasteiger partial charge >= 0.3 is 5.97 Å². The van der Waals surface area contributed by atoms with E-state index in [1.807, 2.05) is 13.8 Å². The van der Waals surface area contributed by atoms with Gasteiger partial charge in [0.05, 0.1) is 48.2 Å². The molecule has 0 spiro atoms. The first-order valence-corrected chi connectivity index (χ1v) is 17.6. The van der Waals surface area contributed by atoms with Crippen molar-refractivity contribution < 1.29 is 68.0 Å². The molecule has 15 nitrogen and oxygen atoms in total. The van der Waals surface area contributed by atoms with Crippen LogP contribution in [0.2, 0.25) is 0 Å². The molecule has 15 heteroatoms. The molecule has 0 radical (unpaired) electrons. The van der Waals surface area contributed by atoms with Crippen LogP contribution in [0.5, 0.6) is 17.2 Å². The zero-order valence-corrected chi connectivity index (χ0v) is 29.7. The summed E-state index contributed by atoms with van der Waals surface area (Å²) in [5.74, 6) is -4.77. The minimum Gasteiger partial charge on any atom is -0.507 e. The summed E-state index contributed by atoms with van der Waals surface area (Å²) in [6, 6.07) is 3.40. The topological polar surface area (TPSA) is 231 Å². The van der Waals surface area contributed by atoms with Crippen molar-refractivity contribution in [3.63, 3.8) is 0 Å². The number of ether oxygens (including phenoxy) is 6. The van der Waals surface area contributed by atoms with Crippen LogP contribution in [-0.4, -0.2) is 100 Å². The van der Waals surface area contributed by atoms with Crippen molar-refractivity contribution >= 4 is 23.3 Å². The van der Waals surface area contributed by atoms with Gasteiger partial charge in [-0.1, -0.05) is 38.8 Å². The number of carbonyl (C=O) groups is 4. The summed E-state index contributed by atoms with van der Waals surface area (Å²) in [4.78, 5) is 53.7. The number of aliphatic hydroxyl groups excluding tert-OH is 1. The molecule has 0 saturated carbocycles. The molecular weight excluding hydrogens is 682 g/mol. The number of carbonyl (C=O) groups excluding carboxylic acids is 4. The van der Waals surface area contributed by atoms with Crippen molar-refractivity contribution in [2.75, 3.05) is 20.0 Å². The number of phenols is 2. The Morgan fingerprint density at radius 1 is 1.02 bits per heavy atom. The van der Waals surface area contributed by atoms with E-state index in [9.17, 15) is 39.6 Å². The number of ketones is 3. The molecule has 0 amide bonds. The van der Waals surface area contributed by atoms with Gasteiger partial charge in [-0.3, -0.25) is 14.4 Å². The number of esters is 1. The van der Waals surface area contributed by atoms with E-state index in [4.69, 9.17) is 34.2 Å². The van der Waals surface area contributed by atoms with Gasteiger partial charge in [-0.15, -0.1) is 0 Å². The Morgan fingerprint density at radius 2 is 1.67 bits per heavy atom. The Bertz CT molecular complexity index is 1670. The molecule has 2 aliphatic carbocycles. The van der Waals surface area contributed by atoms with Crippen molar-refractivity contribution in [2.45, 2.75) is 115 Å². The number of unbranched alkanes of at least 4 members (excludes halogenated alkanes) is 2. The predicted molar refractivity (Wildman–Crippen MR) is 181 cm³/mol. The fraction of sp³-hybridized carbons (Fsp3) is 0.568. The lowest BCUT2D eigenvalue weighted by Gasteiger charge is -2.42. The van der Waals surface area contributed by atoms with Crippen LogP contribution in [0.15, 0.2) is 18.2 Å². The third-order valence-electron chi connectivity index (χ3n) is 9.72. The fourth-order valence-corrected chi connectivity index (χ4v) is 6.68. The summed E-state index contributed by atoms with van der Waals surface area (Å²) in [5.41, 5.74) is 2.26. The molecule has 284 valence electrons. The van der Waals surface area contributed by atoms with E-state index in [-0.39, 0.29) is 47.6 Å². The highest BCUT2D eigenvalue weighted by atomic mass is 16.7. The predicted octanol–water partition coefficient (Wildman–Crippen LogP) is 2.86. The number of hydrogen-bond donors (Lipinski definition) is 5. The molecule has 1 fully saturated rings. The quantitative estimate of drug-likeness (QED) is 0.0655. The number of rotatable bonds is 15. The average Bonchev–Trinajstić information content (AvgIpc) is 3.10. The standard InChI is InChI=1S/C37H47NO14/c1-5-7-12-47-36(48-13-8-6-2)35(45)50-17-49-23-11-9-10-20-26(23)33(43)29-28(31(20)41)32(42)21-15-37(46,19(4)39)16-24(27(21)34(29)44)52-25-14-22(38)30(40)18(3)51-25/h9-11,18,22,24-25,30,36,40,42,44,46H,5-8,12-17,38H2,1-4H3/t18?,22?,24-,25?,30?,37-/m0/s1. The van der Waals surface area contributed by atoms with Gasteiger partial charge < -0.3 is 54.6 Å². The molecule has 5 rings (SSSR count). The van der Waals surface area contributed by atoms with Gasteiger partial charge in [0.2, 0.25) is 12.6 Å². The van der Waals surface area contributed by atoms with E-state index in [1.54, 1.807) is 6.92 Å². The van der Waals surface area contributed by atoms with Crippen LogP contribution in [-0.2, 0) is 39.7 Å². The van der Waals surface area contributed by atoms with E-state index >= 15 is 0 Å². The Morgan fingerprint density at radius 3 is 2.29 bits per heavy atom. The molecule has 4 unspecified atom stereocenters. The molecular formula is C37H47NO14. The molecule has 1 heterocycles. The summed E-state index contributed by atoms with van der Waals surface area (Å²) in [6.45, 7) is 6.56. The first kappa shape index (κ1) is 39.3. The molecule has 1 saturated heterocycles. The zero-order chi connectivity index (χ0) is 37.9. The first-order chi connectivity index (χ1) is 24.7. The lowest BCUT2D eigenvalue weighted by atomic mass is 9.72. The lowest BCUT2D eigenvalue weighted by Crippen LogP contribution is -2.52. The summed E-state index contributed by atoms with van der Waals surface area (Å²) >= 11 is 0. The van der Waals surface area contributed by atoms with E-state index in [0.717, 1.165) is 19.8 Å². The lowest BCUT2D eigenvalue weighted by molar-refractivity contribution is -0.247. The SMILES string of the molecule is CCCCOC(OCCCC)C(=O)OCOc1cccc2c1C(=O)c1c(O)c3c(c(O)c1C2=O)C[C@@](O)(C(C)=O)C[C@@H]3OC1CC(N)C(O)C(C)O1. The van der Waals surface area contributed by atoms with Crippen LogP contribution in [0.3, 0.4) is 0 Å². The van der Waals surface area contributed by atoms with Crippen LogP contribution < -0.4 is 10.5 Å². The van der Waals surface area contributed by atoms with Crippen molar-refractivity contribution in [3.05, 3.63) is 51.6 Å².